The van der Waals surface area contributed by atoms with Gasteiger partial charge in [-0.3, -0.25) is 14.4 Å². The highest BCUT2D eigenvalue weighted by Crippen LogP contribution is 2.21. The van der Waals surface area contributed by atoms with Crippen LogP contribution in [0.5, 0.6) is 0 Å². The normalized spacial score (nSPS) is 14.5. The Morgan fingerprint density at radius 2 is 1.75 bits per heavy atom. The number of amides is 2. The molecule has 1 aromatic rings. The van der Waals surface area contributed by atoms with Crippen LogP contribution in [0.4, 0.5) is 4.39 Å². The summed E-state index contributed by atoms with van der Waals surface area (Å²) in [6.45, 7) is 1.23. The molecule has 1 aliphatic rings. The predicted octanol–water partition coefficient (Wildman–Crippen LogP) is 1.72. The number of halogens is 2. The highest BCUT2D eigenvalue weighted by atomic mass is 35.5. The molecule has 1 heterocycles. The van der Waals surface area contributed by atoms with E-state index in [0.29, 0.717) is 13.1 Å². The molecular weight excluding hydrogens is 339 g/mol. The van der Waals surface area contributed by atoms with E-state index in [-0.39, 0.29) is 42.4 Å². The zero-order valence-corrected chi connectivity index (χ0v) is 14.0. The number of piperazine rings is 1. The lowest BCUT2D eigenvalue weighted by Crippen LogP contribution is -2.50. The number of nitrogens with zero attached hydrogens (tertiary/aromatic N) is 2. The molecule has 1 aromatic carbocycles. The molecule has 24 heavy (non-hydrogen) atoms. The van der Waals surface area contributed by atoms with Gasteiger partial charge < -0.3 is 14.5 Å². The first-order valence-corrected chi connectivity index (χ1v) is 7.89. The Kier molecular flexibility index (Phi) is 6.14. The molecule has 0 spiro atoms. The summed E-state index contributed by atoms with van der Waals surface area (Å²) in [6, 6.07) is 4.09. The molecule has 130 valence electrons. The minimum Gasteiger partial charge on any atom is -0.469 e. The molecule has 0 N–H and O–H groups in total. The van der Waals surface area contributed by atoms with E-state index in [1.807, 2.05) is 0 Å². The highest BCUT2D eigenvalue weighted by molar-refractivity contribution is 6.33. The number of benzene rings is 1. The Morgan fingerprint density at radius 3 is 2.33 bits per heavy atom. The van der Waals surface area contributed by atoms with Crippen LogP contribution in [0.2, 0.25) is 5.02 Å². The number of esters is 1. The zero-order valence-electron chi connectivity index (χ0n) is 13.3. The first-order chi connectivity index (χ1) is 11.4. The monoisotopic (exact) mass is 356 g/mol. The number of methoxy groups -OCH3 is 1. The van der Waals surface area contributed by atoms with E-state index in [4.69, 9.17) is 11.6 Å². The number of carbonyl (C=O) groups is 3. The van der Waals surface area contributed by atoms with Gasteiger partial charge in [0.15, 0.2) is 0 Å². The van der Waals surface area contributed by atoms with Crippen LogP contribution in [0.15, 0.2) is 18.2 Å². The molecule has 1 fully saturated rings. The lowest BCUT2D eigenvalue weighted by molar-refractivity contribution is -0.143. The second-order valence-corrected chi connectivity index (χ2v) is 5.75. The van der Waals surface area contributed by atoms with Crippen LogP contribution >= 0.6 is 11.6 Å². The van der Waals surface area contributed by atoms with E-state index in [1.54, 1.807) is 4.90 Å². The third kappa shape index (κ3) is 4.23. The van der Waals surface area contributed by atoms with Crippen molar-refractivity contribution in [3.8, 4) is 0 Å². The van der Waals surface area contributed by atoms with Crippen molar-refractivity contribution < 1.29 is 23.5 Å². The highest BCUT2D eigenvalue weighted by Gasteiger charge is 2.27. The summed E-state index contributed by atoms with van der Waals surface area (Å²) in [5.74, 6) is -1.76. The van der Waals surface area contributed by atoms with Crippen molar-refractivity contribution in [2.24, 2.45) is 0 Å². The average Bonchev–Trinajstić information content (AvgIpc) is 2.59. The van der Waals surface area contributed by atoms with Gasteiger partial charge in [0.25, 0.3) is 5.91 Å². The summed E-state index contributed by atoms with van der Waals surface area (Å²) in [5, 5.41) is 0.0663. The third-order valence-electron chi connectivity index (χ3n) is 3.87. The van der Waals surface area contributed by atoms with E-state index in [0.717, 1.165) is 0 Å². The van der Waals surface area contributed by atoms with Crippen molar-refractivity contribution in [1.29, 1.82) is 0 Å². The zero-order chi connectivity index (χ0) is 17.7. The molecule has 1 aliphatic heterocycles. The lowest BCUT2D eigenvalue weighted by Gasteiger charge is -2.35. The van der Waals surface area contributed by atoms with Gasteiger partial charge in [0.1, 0.15) is 5.82 Å². The molecule has 0 aliphatic carbocycles. The summed E-state index contributed by atoms with van der Waals surface area (Å²) in [6.07, 6.45) is 0.0963. The van der Waals surface area contributed by atoms with Crippen LogP contribution in [-0.2, 0) is 14.3 Å². The van der Waals surface area contributed by atoms with E-state index in [2.05, 4.69) is 4.74 Å². The van der Waals surface area contributed by atoms with Gasteiger partial charge in [-0.1, -0.05) is 17.7 Å². The molecule has 1 saturated heterocycles. The smallest absolute Gasteiger partial charge is 0.306 e. The quantitative estimate of drug-likeness (QED) is 0.770. The van der Waals surface area contributed by atoms with Crippen LogP contribution < -0.4 is 0 Å². The van der Waals surface area contributed by atoms with Crippen LogP contribution in [0.1, 0.15) is 23.2 Å². The Bertz CT molecular complexity index is 625. The van der Waals surface area contributed by atoms with E-state index >= 15 is 0 Å². The van der Waals surface area contributed by atoms with Gasteiger partial charge in [0, 0.05) is 32.6 Å². The minimum atomic E-state index is -0.663. The number of carbonyl (C=O) groups excluding carboxylic acids is 3. The maximum Gasteiger partial charge on any atom is 0.306 e. The van der Waals surface area contributed by atoms with Crippen LogP contribution in [0.25, 0.3) is 0 Å². The predicted molar refractivity (Wildman–Crippen MR) is 85.1 cm³/mol. The van der Waals surface area contributed by atoms with Gasteiger partial charge in [0.05, 0.1) is 24.1 Å². The summed E-state index contributed by atoms with van der Waals surface area (Å²) >= 11 is 5.91. The molecule has 2 amide bonds. The summed E-state index contributed by atoms with van der Waals surface area (Å²) < 4.78 is 18.3. The number of ether oxygens (including phenoxy) is 1. The van der Waals surface area contributed by atoms with Gasteiger partial charge >= 0.3 is 5.97 Å². The number of hydrogen-bond donors (Lipinski definition) is 0. The summed E-state index contributed by atoms with van der Waals surface area (Å²) in [4.78, 5) is 38.5. The van der Waals surface area contributed by atoms with E-state index in [1.165, 1.54) is 30.2 Å². The summed E-state index contributed by atoms with van der Waals surface area (Å²) in [5.41, 5.74) is -0.148. The SMILES string of the molecule is COC(=O)CCC(=O)N1CCN(C(=O)c2c(F)cccc2Cl)CC1. The molecule has 0 bridgehead atoms. The van der Waals surface area contributed by atoms with Gasteiger partial charge in [0.2, 0.25) is 5.91 Å². The Balaban J connectivity index is 1.92. The largest absolute Gasteiger partial charge is 0.469 e. The van der Waals surface area contributed by atoms with Crippen LogP contribution in [0.3, 0.4) is 0 Å². The number of rotatable bonds is 4. The molecular formula is C16H18ClFN2O4. The topological polar surface area (TPSA) is 66.9 Å². The van der Waals surface area contributed by atoms with Crippen molar-refractivity contribution in [2.45, 2.75) is 12.8 Å². The fourth-order valence-electron chi connectivity index (χ4n) is 2.49. The molecule has 0 radical (unpaired) electrons. The van der Waals surface area contributed by atoms with Gasteiger partial charge in [-0.15, -0.1) is 0 Å². The molecule has 0 unspecified atom stereocenters. The van der Waals surface area contributed by atoms with Crippen molar-refractivity contribution >= 4 is 29.4 Å². The van der Waals surface area contributed by atoms with E-state index < -0.39 is 17.7 Å². The Hall–Kier alpha value is -2.15. The first kappa shape index (κ1) is 18.2. The van der Waals surface area contributed by atoms with E-state index in [9.17, 15) is 18.8 Å². The molecule has 0 aromatic heterocycles. The Labute approximate surface area is 144 Å². The average molecular weight is 357 g/mol. The Morgan fingerprint density at radius 1 is 1.12 bits per heavy atom. The summed E-state index contributed by atoms with van der Waals surface area (Å²) in [7, 11) is 1.27. The third-order valence-corrected chi connectivity index (χ3v) is 4.18. The van der Waals surface area contributed by atoms with Crippen LogP contribution in [0, 0.1) is 5.82 Å². The second kappa shape index (κ2) is 8.10. The first-order valence-electron chi connectivity index (χ1n) is 7.52. The fourth-order valence-corrected chi connectivity index (χ4v) is 2.73. The molecule has 0 atom stereocenters. The van der Waals surface area contributed by atoms with Crippen molar-refractivity contribution in [2.75, 3.05) is 33.3 Å². The second-order valence-electron chi connectivity index (χ2n) is 5.35. The molecule has 6 nitrogen and oxygen atoms in total. The molecule has 0 saturated carbocycles. The minimum absolute atomic E-state index is 0.0271. The van der Waals surface area contributed by atoms with Gasteiger partial charge in [-0.05, 0) is 12.1 Å². The fraction of sp³-hybridized carbons (Fsp3) is 0.438. The van der Waals surface area contributed by atoms with Crippen molar-refractivity contribution in [1.82, 2.24) is 9.80 Å². The lowest BCUT2D eigenvalue weighted by atomic mass is 10.1. The molecule has 8 heteroatoms. The van der Waals surface area contributed by atoms with Crippen molar-refractivity contribution in [3.63, 3.8) is 0 Å². The van der Waals surface area contributed by atoms with Gasteiger partial charge in [-0.2, -0.15) is 0 Å². The van der Waals surface area contributed by atoms with Gasteiger partial charge in [-0.25, -0.2) is 4.39 Å². The van der Waals surface area contributed by atoms with Crippen molar-refractivity contribution in [3.05, 3.63) is 34.6 Å². The standard InChI is InChI=1S/C16H18ClFN2O4/c1-24-14(22)6-5-13(21)19-7-9-20(10-8-19)16(23)15-11(17)3-2-4-12(15)18/h2-4H,5-10H2,1H3. The van der Waals surface area contributed by atoms with Crippen LogP contribution in [-0.4, -0.2) is 60.9 Å². The maximum absolute atomic E-state index is 13.8. The molecule has 2 rings (SSSR count). The maximum atomic E-state index is 13.8. The number of hydrogen-bond acceptors (Lipinski definition) is 4.